The van der Waals surface area contributed by atoms with Crippen LogP contribution >= 0.6 is 0 Å². The zero-order valence-corrected chi connectivity index (χ0v) is 14.3. The van der Waals surface area contributed by atoms with Crippen LogP contribution in [0.5, 0.6) is 5.75 Å². The van der Waals surface area contributed by atoms with Crippen LogP contribution in [0.1, 0.15) is 50.5 Å². The first kappa shape index (κ1) is 16.8. The zero-order valence-electron chi connectivity index (χ0n) is 14.3. The Hall–Kier alpha value is -2.04. The fraction of sp³-hybridized carbons (Fsp3) is 0.579. The van der Waals surface area contributed by atoms with Crippen molar-refractivity contribution in [2.24, 2.45) is 0 Å². The SMILES string of the molecule is Cc1cccc(OCCCN2C(=O)NC3(CCCCCC3)C2=O)c1. The van der Waals surface area contributed by atoms with Crippen molar-refractivity contribution in [2.45, 2.75) is 57.4 Å². The van der Waals surface area contributed by atoms with Gasteiger partial charge in [-0.05, 0) is 43.9 Å². The van der Waals surface area contributed by atoms with E-state index in [1.165, 1.54) is 4.90 Å². The summed E-state index contributed by atoms with van der Waals surface area (Å²) < 4.78 is 5.70. The molecule has 2 aliphatic rings. The Bertz CT molecular complexity index is 606. The maximum absolute atomic E-state index is 12.8. The Labute approximate surface area is 143 Å². The lowest BCUT2D eigenvalue weighted by atomic mass is 9.90. The number of ether oxygens (including phenoxy) is 1. The number of nitrogens with zero attached hydrogens (tertiary/aromatic N) is 1. The molecule has 5 nitrogen and oxygen atoms in total. The predicted octanol–water partition coefficient (Wildman–Crippen LogP) is 3.41. The highest BCUT2D eigenvalue weighted by molar-refractivity contribution is 6.07. The average molecular weight is 330 g/mol. The molecule has 0 bridgehead atoms. The summed E-state index contributed by atoms with van der Waals surface area (Å²) in [4.78, 5) is 26.4. The van der Waals surface area contributed by atoms with Crippen molar-refractivity contribution >= 4 is 11.9 Å². The molecule has 1 heterocycles. The third kappa shape index (κ3) is 3.55. The van der Waals surface area contributed by atoms with Crippen molar-refractivity contribution in [2.75, 3.05) is 13.2 Å². The van der Waals surface area contributed by atoms with E-state index in [2.05, 4.69) is 5.32 Å². The highest BCUT2D eigenvalue weighted by atomic mass is 16.5. The van der Waals surface area contributed by atoms with Gasteiger partial charge in [0.1, 0.15) is 11.3 Å². The fourth-order valence-electron chi connectivity index (χ4n) is 3.67. The van der Waals surface area contributed by atoms with Crippen LogP contribution in [-0.2, 0) is 4.79 Å². The number of hydrogen-bond acceptors (Lipinski definition) is 3. The summed E-state index contributed by atoms with van der Waals surface area (Å²) in [5, 5.41) is 2.97. The Morgan fingerprint density at radius 1 is 1.17 bits per heavy atom. The van der Waals surface area contributed by atoms with E-state index in [1.807, 2.05) is 31.2 Å². The van der Waals surface area contributed by atoms with Gasteiger partial charge in [-0.15, -0.1) is 0 Å². The molecule has 5 heteroatoms. The molecule has 3 amide bonds. The molecule has 1 saturated heterocycles. The second-order valence-electron chi connectivity index (χ2n) is 6.90. The minimum Gasteiger partial charge on any atom is -0.494 e. The maximum Gasteiger partial charge on any atom is 0.325 e. The molecule has 1 aliphatic heterocycles. The average Bonchev–Trinajstić information content (AvgIpc) is 2.72. The predicted molar refractivity (Wildman–Crippen MR) is 92.0 cm³/mol. The monoisotopic (exact) mass is 330 g/mol. The summed E-state index contributed by atoms with van der Waals surface area (Å²) in [6, 6.07) is 7.64. The van der Waals surface area contributed by atoms with E-state index in [-0.39, 0.29) is 11.9 Å². The van der Waals surface area contributed by atoms with E-state index in [1.54, 1.807) is 0 Å². The molecular weight excluding hydrogens is 304 g/mol. The molecular formula is C19H26N2O3. The van der Waals surface area contributed by atoms with Crippen molar-refractivity contribution in [3.8, 4) is 5.75 Å². The standard InChI is InChI=1S/C19H26N2O3/c1-15-8-6-9-16(14-15)24-13-7-12-21-17(22)19(20-18(21)23)10-4-2-3-5-11-19/h6,8-9,14H,2-5,7,10-13H2,1H3,(H,20,23). The first-order valence-corrected chi connectivity index (χ1v) is 8.94. The van der Waals surface area contributed by atoms with Crippen LogP contribution in [-0.4, -0.2) is 35.5 Å². The van der Waals surface area contributed by atoms with Crippen LogP contribution in [0.15, 0.2) is 24.3 Å². The second-order valence-corrected chi connectivity index (χ2v) is 6.90. The number of rotatable bonds is 5. The van der Waals surface area contributed by atoms with E-state index in [0.29, 0.717) is 19.6 Å². The van der Waals surface area contributed by atoms with Crippen molar-refractivity contribution in [1.29, 1.82) is 0 Å². The number of imide groups is 1. The van der Waals surface area contributed by atoms with Gasteiger partial charge in [-0.2, -0.15) is 0 Å². The molecule has 1 aliphatic carbocycles. The first-order valence-electron chi connectivity index (χ1n) is 8.94. The lowest BCUT2D eigenvalue weighted by Crippen LogP contribution is -2.46. The van der Waals surface area contributed by atoms with Crippen LogP contribution in [0.4, 0.5) is 4.79 Å². The van der Waals surface area contributed by atoms with Gasteiger partial charge in [0.25, 0.3) is 5.91 Å². The van der Waals surface area contributed by atoms with Gasteiger partial charge in [-0.1, -0.05) is 37.8 Å². The van der Waals surface area contributed by atoms with Gasteiger partial charge in [0.15, 0.2) is 0 Å². The highest BCUT2D eigenvalue weighted by Crippen LogP contribution is 2.32. The van der Waals surface area contributed by atoms with Gasteiger partial charge in [0.2, 0.25) is 0 Å². The Kier molecular flexibility index (Phi) is 5.07. The number of hydrogen-bond donors (Lipinski definition) is 1. The Morgan fingerprint density at radius 3 is 2.62 bits per heavy atom. The molecule has 130 valence electrons. The second kappa shape index (κ2) is 7.24. The van der Waals surface area contributed by atoms with Gasteiger partial charge in [0, 0.05) is 6.54 Å². The summed E-state index contributed by atoms with van der Waals surface area (Å²) in [7, 11) is 0. The fourth-order valence-corrected chi connectivity index (χ4v) is 3.67. The maximum atomic E-state index is 12.8. The van der Waals surface area contributed by atoms with Gasteiger partial charge in [-0.3, -0.25) is 9.69 Å². The van der Waals surface area contributed by atoms with Crippen LogP contribution in [0, 0.1) is 6.92 Å². The largest absolute Gasteiger partial charge is 0.494 e. The van der Waals surface area contributed by atoms with Crippen LogP contribution in [0.3, 0.4) is 0 Å². The zero-order chi connectivity index (χ0) is 17.0. The van der Waals surface area contributed by atoms with Crippen molar-refractivity contribution in [3.05, 3.63) is 29.8 Å². The molecule has 1 spiro atoms. The molecule has 2 fully saturated rings. The van der Waals surface area contributed by atoms with E-state index < -0.39 is 5.54 Å². The quantitative estimate of drug-likeness (QED) is 0.665. The highest BCUT2D eigenvalue weighted by Gasteiger charge is 2.50. The number of carbonyl (C=O) groups excluding carboxylic acids is 2. The lowest BCUT2D eigenvalue weighted by Gasteiger charge is -2.24. The third-order valence-electron chi connectivity index (χ3n) is 4.99. The summed E-state index contributed by atoms with van der Waals surface area (Å²) in [5.74, 6) is 0.789. The summed E-state index contributed by atoms with van der Waals surface area (Å²) in [5.41, 5.74) is 0.516. The minimum absolute atomic E-state index is 0.0371. The number of benzene rings is 1. The number of amides is 3. The molecule has 1 N–H and O–H groups in total. The Balaban J connectivity index is 1.51. The van der Waals surface area contributed by atoms with Crippen molar-refractivity contribution in [1.82, 2.24) is 10.2 Å². The van der Waals surface area contributed by atoms with Crippen molar-refractivity contribution < 1.29 is 14.3 Å². The lowest BCUT2D eigenvalue weighted by molar-refractivity contribution is -0.131. The number of aryl methyl sites for hydroxylation is 1. The molecule has 0 aromatic heterocycles. The van der Waals surface area contributed by atoms with Gasteiger partial charge >= 0.3 is 6.03 Å². The minimum atomic E-state index is -0.634. The first-order chi connectivity index (χ1) is 11.6. The smallest absolute Gasteiger partial charge is 0.325 e. The van der Waals surface area contributed by atoms with Crippen LogP contribution < -0.4 is 10.1 Å². The van der Waals surface area contributed by atoms with E-state index in [4.69, 9.17) is 4.74 Å². The van der Waals surface area contributed by atoms with E-state index in [9.17, 15) is 9.59 Å². The Morgan fingerprint density at radius 2 is 1.92 bits per heavy atom. The van der Waals surface area contributed by atoms with Crippen LogP contribution in [0.25, 0.3) is 0 Å². The molecule has 3 rings (SSSR count). The number of carbonyl (C=O) groups is 2. The molecule has 0 atom stereocenters. The van der Waals surface area contributed by atoms with Gasteiger partial charge in [0.05, 0.1) is 6.61 Å². The van der Waals surface area contributed by atoms with Gasteiger partial charge in [-0.25, -0.2) is 4.79 Å². The normalized spacial score (nSPS) is 20.1. The topological polar surface area (TPSA) is 58.6 Å². The number of nitrogens with one attached hydrogen (secondary N) is 1. The summed E-state index contributed by atoms with van der Waals surface area (Å²) >= 11 is 0. The number of urea groups is 1. The molecule has 24 heavy (non-hydrogen) atoms. The van der Waals surface area contributed by atoms with E-state index >= 15 is 0 Å². The third-order valence-corrected chi connectivity index (χ3v) is 4.99. The molecule has 1 aromatic carbocycles. The van der Waals surface area contributed by atoms with Gasteiger partial charge < -0.3 is 10.1 Å². The molecule has 1 saturated carbocycles. The molecule has 0 unspecified atom stereocenters. The van der Waals surface area contributed by atoms with Crippen molar-refractivity contribution in [3.63, 3.8) is 0 Å². The van der Waals surface area contributed by atoms with E-state index in [0.717, 1.165) is 49.8 Å². The van der Waals surface area contributed by atoms with Crippen LogP contribution in [0.2, 0.25) is 0 Å². The molecule has 0 radical (unpaired) electrons. The summed E-state index contributed by atoms with van der Waals surface area (Å²) in [6.45, 7) is 2.93. The molecule has 1 aromatic rings. The summed E-state index contributed by atoms with van der Waals surface area (Å²) in [6.07, 6.45) is 6.50.